The largest absolute Gasteiger partial charge is 0.450 e. The molecule has 0 N–H and O–H groups in total. The maximum atomic E-state index is 13.3. The molecular weight excluding hydrogens is 419 g/mol. The van der Waals surface area contributed by atoms with Crippen LogP contribution in [0.1, 0.15) is 18.6 Å². The summed E-state index contributed by atoms with van der Waals surface area (Å²) in [5, 5.41) is 12.5. The van der Waals surface area contributed by atoms with E-state index in [2.05, 4.69) is 4.98 Å². The van der Waals surface area contributed by atoms with Crippen LogP contribution in [0.3, 0.4) is 0 Å². The lowest BCUT2D eigenvalue weighted by molar-refractivity contribution is -0.385. The molecule has 0 spiro atoms. The molecule has 2 aliphatic rings. The lowest BCUT2D eigenvalue weighted by Gasteiger charge is -2.24. The van der Waals surface area contributed by atoms with Gasteiger partial charge in [0.15, 0.2) is 0 Å². The van der Waals surface area contributed by atoms with Crippen molar-refractivity contribution in [3.05, 3.63) is 70.4 Å². The van der Waals surface area contributed by atoms with Crippen LogP contribution in [0, 0.1) is 10.1 Å². The topological polar surface area (TPSA) is 97.6 Å². The van der Waals surface area contributed by atoms with Crippen LogP contribution in [0.4, 0.5) is 5.69 Å². The zero-order chi connectivity index (χ0) is 21.6. The second kappa shape index (κ2) is 7.69. The molecule has 3 heterocycles. The number of pyridine rings is 1. The van der Waals surface area contributed by atoms with E-state index < -0.39 is 18.7 Å². The predicted octanol–water partition coefficient (Wildman–Crippen LogP) is 4.75. The number of rotatable bonds is 8. The van der Waals surface area contributed by atoms with Crippen molar-refractivity contribution in [3.63, 3.8) is 0 Å². The first-order chi connectivity index (χ1) is 14.9. The fraction of sp³-hybridized carbons (Fsp3) is 0.286. The molecule has 2 aliphatic heterocycles. The van der Waals surface area contributed by atoms with Crippen molar-refractivity contribution in [1.29, 1.82) is 0 Å². The van der Waals surface area contributed by atoms with E-state index in [1.54, 1.807) is 37.4 Å². The number of nitrogens with zero attached hydrogens (tertiary/aromatic N) is 4. The molecule has 0 amide bonds. The maximum absolute atomic E-state index is 13.3. The molecule has 0 bridgehead atoms. The molecule has 160 valence electrons. The van der Waals surface area contributed by atoms with E-state index in [0.717, 1.165) is 37.1 Å². The number of benzene rings is 2. The second-order valence-electron chi connectivity index (χ2n) is 7.59. The summed E-state index contributed by atoms with van der Waals surface area (Å²) in [6.07, 6.45) is 1.16. The van der Waals surface area contributed by atoms with Gasteiger partial charge in [-0.15, -0.1) is 0 Å². The van der Waals surface area contributed by atoms with E-state index in [4.69, 9.17) is 9.26 Å². The smallest absolute Gasteiger partial charge is 0.346 e. The van der Waals surface area contributed by atoms with Gasteiger partial charge >= 0.3 is 13.4 Å². The van der Waals surface area contributed by atoms with Gasteiger partial charge in [0.25, 0.3) is 0 Å². The summed E-state index contributed by atoms with van der Waals surface area (Å²) in [5.74, 6) is 0.542. The van der Waals surface area contributed by atoms with E-state index in [1.165, 1.54) is 6.07 Å². The van der Waals surface area contributed by atoms with Crippen LogP contribution in [-0.4, -0.2) is 45.4 Å². The van der Waals surface area contributed by atoms with Gasteiger partial charge in [0, 0.05) is 49.9 Å². The summed E-state index contributed by atoms with van der Waals surface area (Å²) in [6, 6.07) is 13.7. The zero-order valence-corrected chi connectivity index (χ0v) is 17.8. The number of aromatic nitrogens is 1. The molecule has 2 saturated heterocycles. The SMILES string of the molecule is CC(OP(=O)(N1CC1)N1CC1)c1ccc([N+](=O)[O-])c(Oc2ccc3cccnc3c2)c1. The molecule has 10 heteroatoms. The van der Waals surface area contributed by atoms with E-state index in [1.807, 2.05) is 27.5 Å². The third-order valence-corrected chi connectivity index (χ3v) is 8.13. The van der Waals surface area contributed by atoms with Crippen LogP contribution in [0.15, 0.2) is 54.7 Å². The third-order valence-electron chi connectivity index (χ3n) is 5.31. The Morgan fingerprint density at radius 1 is 1.10 bits per heavy atom. The van der Waals surface area contributed by atoms with Crippen molar-refractivity contribution in [2.75, 3.05) is 26.2 Å². The molecular formula is C21H21N4O5P. The molecule has 1 atom stereocenters. The highest BCUT2D eigenvalue weighted by Crippen LogP contribution is 2.63. The summed E-state index contributed by atoms with van der Waals surface area (Å²) in [4.78, 5) is 15.4. The zero-order valence-electron chi connectivity index (χ0n) is 16.9. The van der Waals surface area contributed by atoms with E-state index >= 15 is 0 Å². The summed E-state index contributed by atoms with van der Waals surface area (Å²) in [5.41, 5.74) is 1.23. The molecule has 2 fully saturated rings. The van der Waals surface area contributed by atoms with Gasteiger partial charge in [0.05, 0.1) is 16.5 Å². The molecule has 5 rings (SSSR count). The minimum Gasteiger partial charge on any atom is -0.450 e. The van der Waals surface area contributed by atoms with Crippen molar-refractivity contribution in [2.45, 2.75) is 13.0 Å². The Morgan fingerprint density at radius 2 is 1.84 bits per heavy atom. The molecule has 9 nitrogen and oxygen atoms in total. The Morgan fingerprint density at radius 3 is 2.52 bits per heavy atom. The number of hydrogen-bond donors (Lipinski definition) is 0. The second-order valence-corrected chi connectivity index (χ2v) is 9.91. The molecule has 2 aromatic carbocycles. The van der Waals surface area contributed by atoms with E-state index in [9.17, 15) is 14.7 Å². The molecule has 1 aromatic heterocycles. The van der Waals surface area contributed by atoms with Crippen molar-refractivity contribution >= 4 is 24.3 Å². The first-order valence-electron chi connectivity index (χ1n) is 10.0. The first kappa shape index (κ1) is 20.1. The van der Waals surface area contributed by atoms with Gasteiger partial charge in [-0.1, -0.05) is 6.07 Å². The van der Waals surface area contributed by atoms with E-state index in [0.29, 0.717) is 11.3 Å². The number of fused-ring (bicyclic) bond motifs is 1. The van der Waals surface area contributed by atoms with Crippen LogP contribution < -0.4 is 4.74 Å². The highest BCUT2D eigenvalue weighted by atomic mass is 31.2. The number of hydrogen-bond acceptors (Lipinski definition) is 6. The summed E-state index contributed by atoms with van der Waals surface area (Å²) in [6.45, 7) is 4.82. The Hall–Kier alpha value is -2.84. The van der Waals surface area contributed by atoms with Gasteiger partial charge in [-0.2, -0.15) is 0 Å². The standard InChI is InChI=1S/C21H21N4O5P/c1-15(30-31(28,23-9-10-23)24-11-12-24)17-5-7-20(25(26)27)21(13-17)29-18-6-4-16-3-2-8-22-19(16)14-18/h2-8,13-15H,9-12H2,1H3. The Balaban J connectivity index is 1.44. The van der Waals surface area contributed by atoms with Gasteiger partial charge in [-0.25, -0.2) is 9.34 Å². The highest BCUT2D eigenvalue weighted by molar-refractivity contribution is 7.54. The average molecular weight is 440 g/mol. The van der Waals surface area contributed by atoms with Gasteiger partial charge in [-0.3, -0.25) is 24.2 Å². The fourth-order valence-electron chi connectivity index (χ4n) is 3.43. The molecule has 1 unspecified atom stereocenters. The number of nitro groups is 1. The summed E-state index contributed by atoms with van der Waals surface area (Å²) < 4.78 is 28.8. The van der Waals surface area contributed by atoms with Crippen LogP contribution in [0.25, 0.3) is 10.9 Å². The van der Waals surface area contributed by atoms with Crippen molar-refractivity contribution in [1.82, 2.24) is 14.3 Å². The maximum Gasteiger partial charge on any atom is 0.346 e. The molecule has 31 heavy (non-hydrogen) atoms. The van der Waals surface area contributed by atoms with Crippen LogP contribution in [0.2, 0.25) is 0 Å². The summed E-state index contributed by atoms with van der Waals surface area (Å²) >= 11 is 0. The molecule has 3 aromatic rings. The van der Waals surface area contributed by atoms with Crippen LogP contribution >= 0.6 is 7.67 Å². The Labute approximate surface area is 178 Å². The summed E-state index contributed by atoms with van der Waals surface area (Å²) in [7, 11) is -3.02. The average Bonchev–Trinajstić information content (AvgIpc) is 3.65. The minimum absolute atomic E-state index is 0.0986. The van der Waals surface area contributed by atoms with Crippen LogP contribution in [-0.2, 0) is 9.09 Å². The molecule has 0 radical (unpaired) electrons. The van der Waals surface area contributed by atoms with Crippen LogP contribution in [0.5, 0.6) is 11.5 Å². The van der Waals surface area contributed by atoms with Gasteiger partial charge in [0.2, 0.25) is 5.75 Å². The fourth-order valence-corrected chi connectivity index (χ4v) is 5.77. The monoisotopic (exact) mass is 440 g/mol. The van der Waals surface area contributed by atoms with Crippen molar-refractivity contribution < 1.29 is 18.7 Å². The van der Waals surface area contributed by atoms with Gasteiger partial charge in [0.1, 0.15) is 5.75 Å². The Kier molecular flexibility index (Phi) is 4.98. The number of nitro benzene ring substituents is 1. The highest BCUT2D eigenvalue weighted by Gasteiger charge is 2.50. The third kappa shape index (κ3) is 4.05. The quantitative estimate of drug-likeness (QED) is 0.214. The lowest BCUT2D eigenvalue weighted by atomic mass is 10.1. The van der Waals surface area contributed by atoms with Crippen molar-refractivity contribution in [2.24, 2.45) is 0 Å². The lowest BCUT2D eigenvalue weighted by Crippen LogP contribution is -2.10. The van der Waals surface area contributed by atoms with Gasteiger partial charge < -0.3 is 4.74 Å². The van der Waals surface area contributed by atoms with Crippen molar-refractivity contribution in [3.8, 4) is 11.5 Å². The Bertz CT molecular complexity index is 1200. The predicted molar refractivity (Wildman–Crippen MR) is 115 cm³/mol. The van der Waals surface area contributed by atoms with E-state index in [-0.39, 0.29) is 11.4 Å². The molecule has 0 aliphatic carbocycles. The first-order valence-corrected chi connectivity index (χ1v) is 11.6. The van der Waals surface area contributed by atoms with Gasteiger partial charge in [-0.05, 0) is 42.8 Å². The molecule has 0 saturated carbocycles. The normalized spacial score (nSPS) is 17.5. The number of ether oxygens (including phenoxy) is 1. The minimum atomic E-state index is -3.02.